The summed E-state index contributed by atoms with van der Waals surface area (Å²) in [6.45, 7) is 3.66. The van der Waals surface area contributed by atoms with Gasteiger partial charge in [0.2, 0.25) is 0 Å². The maximum absolute atomic E-state index is 6.23. The van der Waals surface area contributed by atoms with Crippen LogP contribution in [0.5, 0.6) is 0 Å². The van der Waals surface area contributed by atoms with E-state index in [-0.39, 0.29) is 24.5 Å². The normalized spacial score (nSPS) is 40.6. The Kier molecular flexibility index (Phi) is 4.13. The van der Waals surface area contributed by atoms with Crippen molar-refractivity contribution in [1.29, 1.82) is 0 Å². The van der Waals surface area contributed by atoms with Crippen LogP contribution in [0, 0.1) is 0 Å². The summed E-state index contributed by atoms with van der Waals surface area (Å²) in [5, 5.41) is 1.96. The highest BCUT2D eigenvalue weighted by Crippen LogP contribution is 2.44. The number of nitrogens with zero attached hydrogens (tertiary/aromatic N) is 1. The molecule has 0 aromatic heterocycles. The summed E-state index contributed by atoms with van der Waals surface area (Å²) in [5.74, 6) is -0.699. The molecule has 3 saturated heterocycles. The van der Waals surface area contributed by atoms with E-state index >= 15 is 0 Å². The molecule has 0 aliphatic carbocycles. The molecule has 0 unspecified atom stereocenters. The highest BCUT2D eigenvalue weighted by molar-refractivity contribution is 5.15. The van der Waals surface area contributed by atoms with Crippen molar-refractivity contribution in [2.45, 2.75) is 50.2 Å². The van der Waals surface area contributed by atoms with Gasteiger partial charge in [0.25, 0.3) is 0 Å². The SMILES string of the molecule is CO[C@]12CCON(Cc3ccccc3)[C@H]1[C@@H]1O[C@H](C)OC[C@H]1O2. The average molecular weight is 321 g/mol. The summed E-state index contributed by atoms with van der Waals surface area (Å²) in [6.07, 6.45) is 0.191. The van der Waals surface area contributed by atoms with E-state index in [1.165, 1.54) is 5.56 Å². The molecular weight excluding hydrogens is 298 g/mol. The molecule has 5 atom stereocenters. The molecule has 0 N–H and O–H groups in total. The van der Waals surface area contributed by atoms with Crippen molar-refractivity contribution < 1.29 is 23.8 Å². The zero-order valence-corrected chi connectivity index (χ0v) is 13.5. The van der Waals surface area contributed by atoms with E-state index in [9.17, 15) is 0 Å². The maximum atomic E-state index is 6.23. The van der Waals surface area contributed by atoms with Gasteiger partial charge in [-0.05, 0) is 12.5 Å². The molecule has 3 heterocycles. The lowest BCUT2D eigenvalue weighted by Gasteiger charge is -2.44. The monoisotopic (exact) mass is 321 g/mol. The first-order valence-corrected chi connectivity index (χ1v) is 8.15. The molecule has 0 saturated carbocycles. The lowest BCUT2D eigenvalue weighted by molar-refractivity contribution is -0.333. The third-order valence-corrected chi connectivity index (χ3v) is 4.87. The van der Waals surface area contributed by atoms with E-state index < -0.39 is 5.79 Å². The minimum Gasteiger partial charge on any atom is -0.351 e. The molecule has 0 spiro atoms. The Bertz CT molecular complexity index is 541. The number of methoxy groups -OCH3 is 1. The number of fused-ring (bicyclic) bond motifs is 3. The van der Waals surface area contributed by atoms with Gasteiger partial charge in [-0.25, -0.2) is 0 Å². The standard InChI is InChI=1S/C17H23NO5/c1-12-20-11-14-15(22-12)16-17(19-2,23-14)8-9-21-18(16)10-13-6-4-3-5-7-13/h3-7,12,14-16H,8-11H2,1-2H3/t12-,14-,15-,16+,17+/m1/s1. The van der Waals surface area contributed by atoms with Crippen LogP contribution < -0.4 is 0 Å². The van der Waals surface area contributed by atoms with Crippen LogP contribution in [-0.4, -0.2) is 55.7 Å². The minimum atomic E-state index is -0.699. The summed E-state index contributed by atoms with van der Waals surface area (Å²) in [6, 6.07) is 10.1. The van der Waals surface area contributed by atoms with Crippen molar-refractivity contribution in [3.8, 4) is 0 Å². The van der Waals surface area contributed by atoms with Gasteiger partial charge in [-0.3, -0.25) is 4.84 Å². The fourth-order valence-corrected chi connectivity index (χ4v) is 3.78. The van der Waals surface area contributed by atoms with Gasteiger partial charge in [0.1, 0.15) is 18.2 Å². The Morgan fingerprint density at radius 3 is 2.91 bits per heavy atom. The largest absolute Gasteiger partial charge is 0.351 e. The molecular formula is C17H23NO5. The smallest absolute Gasteiger partial charge is 0.191 e. The molecule has 0 radical (unpaired) electrons. The van der Waals surface area contributed by atoms with Crippen LogP contribution in [0.2, 0.25) is 0 Å². The van der Waals surface area contributed by atoms with Crippen molar-refractivity contribution in [3.63, 3.8) is 0 Å². The zero-order valence-electron chi connectivity index (χ0n) is 13.5. The number of rotatable bonds is 3. The van der Waals surface area contributed by atoms with Crippen LogP contribution in [-0.2, 0) is 30.3 Å². The molecule has 1 aromatic rings. The van der Waals surface area contributed by atoms with Gasteiger partial charge < -0.3 is 18.9 Å². The molecule has 126 valence electrons. The van der Waals surface area contributed by atoms with Crippen molar-refractivity contribution in [2.75, 3.05) is 20.3 Å². The van der Waals surface area contributed by atoms with Gasteiger partial charge in [-0.1, -0.05) is 30.3 Å². The predicted molar refractivity (Wildman–Crippen MR) is 81.2 cm³/mol. The van der Waals surface area contributed by atoms with E-state index in [1.54, 1.807) is 7.11 Å². The van der Waals surface area contributed by atoms with Crippen molar-refractivity contribution in [1.82, 2.24) is 5.06 Å². The second kappa shape index (κ2) is 6.12. The molecule has 0 amide bonds. The summed E-state index contributed by atoms with van der Waals surface area (Å²) < 4.78 is 23.7. The van der Waals surface area contributed by atoms with Gasteiger partial charge in [0.15, 0.2) is 12.1 Å². The van der Waals surface area contributed by atoms with Crippen LogP contribution >= 0.6 is 0 Å². The first-order chi connectivity index (χ1) is 11.2. The van der Waals surface area contributed by atoms with Crippen LogP contribution in [0.25, 0.3) is 0 Å². The number of ether oxygens (including phenoxy) is 4. The first kappa shape index (κ1) is 15.5. The molecule has 3 aliphatic heterocycles. The quantitative estimate of drug-likeness (QED) is 0.844. The molecule has 3 aliphatic rings. The number of benzene rings is 1. The number of hydrogen-bond donors (Lipinski definition) is 0. The molecule has 6 nitrogen and oxygen atoms in total. The van der Waals surface area contributed by atoms with Crippen molar-refractivity contribution in [2.24, 2.45) is 0 Å². The lowest BCUT2D eigenvalue weighted by Crippen LogP contribution is -2.60. The molecule has 1 aromatic carbocycles. The molecule has 4 rings (SSSR count). The average Bonchev–Trinajstić information content (AvgIpc) is 2.91. The summed E-state index contributed by atoms with van der Waals surface area (Å²) in [7, 11) is 1.70. The maximum Gasteiger partial charge on any atom is 0.191 e. The summed E-state index contributed by atoms with van der Waals surface area (Å²) >= 11 is 0. The van der Waals surface area contributed by atoms with Gasteiger partial charge >= 0.3 is 0 Å². The van der Waals surface area contributed by atoms with E-state index in [0.29, 0.717) is 26.2 Å². The van der Waals surface area contributed by atoms with Gasteiger partial charge in [-0.15, -0.1) is 0 Å². The fraction of sp³-hybridized carbons (Fsp3) is 0.647. The highest BCUT2D eigenvalue weighted by Gasteiger charge is 2.62. The molecule has 23 heavy (non-hydrogen) atoms. The van der Waals surface area contributed by atoms with Gasteiger partial charge in [0, 0.05) is 20.1 Å². The predicted octanol–water partition coefficient (Wildman–Crippen LogP) is 1.70. The Hall–Kier alpha value is -1.02. The van der Waals surface area contributed by atoms with Crippen molar-refractivity contribution >= 4 is 0 Å². The summed E-state index contributed by atoms with van der Waals surface area (Å²) in [4.78, 5) is 5.96. The Labute approximate surface area is 136 Å². The number of hydroxylamine groups is 2. The third-order valence-electron chi connectivity index (χ3n) is 4.87. The molecule has 0 bridgehead atoms. The van der Waals surface area contributed by atoms with Gasteiger partial charge in [-0.2, -0.15) is 5.06 Å². The van der Waals surface area contributed by atoms with Crippen LogP contribution in [0.15, 0.2) is 30.3 Å². The minimum absolute atomic E-state index is 0.113. The zero-order chi connectivity index (χ0) is 15.9. The summed E-state index contributed by atoms with van der Waals surface area (Å²) in [5.41, 5.74) is 1.18. The Balaban J connectivity index is 1.62. The molecule has 3 fully saturated rings. The topological polar surface area (TPSA) is 49.4 Å². The fourth-order valence-electron chi connectivity index (χ4n) is 3.78. The molecule has 6 heteroatoms. The van der Waals surface area contributed by atoms with Crippen LogP contribution in [0.3, 0.4) is 0 Å². The van der Waals surface area contributed by atoms with Gasteiger partial charge in [0.05, 0.1) is 13.2 Å². The van der Waals surface area contributed by atoms with E-state index in [1.807, 2.05) is 30.2 Å². The lowest BCUT2D eigenvalue weighted by atomic mass is 9.96. The van der Waals surface area contributed by atoms with E-state index in [0.717, 1.165) is 0 Å². The van der Waals surface area contributed by atoms with E-state index in [2.05, 4.69) is 12.1 Å². The number of hydrogen-bond acceptors (Lipinski definition) is 6. The second-order valence-corrected chi connectivity index (χ2v) is 6.26. The highest BCUT2D eigenvalue weighted by atomic mass is 16.8. The van der Waals surface area contributed by atoms with Crippen LogP contribution in [0.1, 0.15) is 18.9 Å². The van der Waals surface area contributed by atoms with Crippen LogP contribution in [0.4, 0.5) is 0 Å². The van der Waals surface area contributed by atoms with Crippen molar-refractivity contribution in [3.05, 3.63) is 35.9 Å². The van der Waals surface area contributed by atoms with E-state index in [4.69, 9.17) is 23.8 Å². The first-order valence-electron chi connectivity index (χ1n) is 8.15. The Morgan fingerprint density at radius 1 is 1.30 bits per heavy atom. The Morgan fingerprint density at radius 2 is 2.13 bits per heavy atom. The third kappa shape index (κ3) is 2.69. The second-order valence-electron chi connectivity index (χ2n) is 6.26.